The molecule has 4 nitrogen and oxygen atoms in total. The Morgan fingerprint density at radius 1 is 1.16 bits per heavy atom. The van der Waals surface area contributed by atoms with Crippen molar-refractivity contribution < 1.29 is 9.53 Å². The molecular formula is C21H26N2O2. The van der Waals surface area contributed by atoms with Crippen LogP contribution in [0.25, 0.3) is 11.1 Å². The Kier molecular flexibility index (Phi) is 5.49. The van der Waals surface area contributed by atoms with Crippen molar-refractivity contribution >= 4 is 5.91 Å². The quantitative estimate of drug-likeness (QED) is 0.747. The van der Waals surface area contributed by atoms with E-state index in [1.54, 1.807) is 13.3 Å². The molecule has 0 saturated heterocycles. The van der Waals surface area contributed by atoms with E-state index < -0.39 is 5.41 Å². The second-order valence-corrected chi connectivity index (χ2v) is 6.56. The second-order valence-electron chi connectivity index (χ2n) is 6.56. The first-order valence-corrected chi connectivity index (χ1v) is 9.08. The zero-order chi connectivity index (χ0) is 17.7. The average molecular weight is 338 g/mol. The number of hydrogen-bond donors (Lipinski definition) is 1. The van der Waals surface area contributed by atoms with Crippen molar-refractivity contribution in [2.45, 2.75) is 38.0 Å². The molecule has 25 heavy (non-hydrogen) atoms. The number of amides is 1. The number of fused-ring (bicyclic) bond motifs is 3. The molecule has 0 spiro atoms. The molecule has 1 amide bonds. The molecule has 0 aliphatic heterocycles. The summed E-state index contributed by atoms with van der Waals surface area (Å²) in [5, 5.41) is 3.13. The van der Waals surface area contributed by atoms with Crippen molar-refractivity contribution in [3.8, 4) is 11.1 Å². The number of rotatable bonds is 8. The van der Waals surface area contributed by atoms with Crippen LogP contribution in [0, 0.1) is 0 Å². The predicted molar refractivity (Wildman–Crippen MR) is 99.5 cm³/mol. The monoisotopic (exact) mass is 338 g/mol. The number of methoxy groups -OCH3 is 1. The van der Waals surface area contributed by atoms with Gasteiger partial charge in [-0.2, -0.15) is 0 Å². The smallest absolute Gasteiger partial charge is 0.236 e. The largest absolute Gasteiger partial charge is 0.385 e. The maximum atomic E-state index is 13.3. The maximum absolute atomic E-state index is 13.3. The van der Waals surface area contributed by atoms with Crippen LogP contribution in [0.5, 0.6) is 0 Å². The summed E-state index contributed by atoms with van der Waals surface area (Å²) in [4.78, 5) is 18.0. The summed E-state index contributed by atoms with van der Waals surface area (Å²) in [6.07, 6.45) is 5.30. The highest BCUT2D eigenvalue weighted by Crippen LogP contribution is 2.50. The number of nitrogens with one attached hydrogen (secondary N) is 1. The minimum Gasteiger partial charge on any atom is -0.385 e. The molecule has 0 fully saturated rings. The number of aromatic nitrogens is 1. The van der Waals surface area contributed by atoms with Crippen LogP contribution in [-0.2, 0) is 14.9 Å². The first-order valence-electron chi connectivity index (χ1n) is 9.08. The van der Waals surface area contributed by atoms with E-state index in [-0.39, 0.29) is 5.91 Å². The van der Waals surface area contributed by atoms with Gasteiger partial charge in [-0.1, -0.05) is 37.3 Å². The Bertz CT molecular complexity index is 697. The van der Waals surface area contributed by atoms with E-state index >= 15 is 0 Å². The van der Waals surface area contributed by atoms with E-state index in [1.165, 1.54) is 0 Å². The van der Waals surface area contributed by atoms with Crippen molar-refractivity contribution in [2.24, 2.45) is 0 Å². The van der Waals surface area contributed by atoms with E-state index in [2.05, 4.69) is 35.4 Å². The Hall–Kier alpha value is -2.20. The molecule has 1 aliphatic rings. The molecule has 132 valence electrons. The van der Waals surface area contributed by atoms with Crippen LogP contribution < -0.4 is 5.32 Å². The van der Waals surface area contributed by atoms with Crippen molar-refractivity contribution in [1.82, 2.24) is 10.3 Å². The molecule has 1 N–H and O–H groups in total. The Morgan fingerprint density at radius 2 is 1.96 bits per heavy atom. The van der Waals surface area contributed by atoms with Gasteiger partial charge in [0.05, 0.1) is 5.69 Å². The summed E-state index contributed by atoms with van der Waals surface area (Å²) in [5.41, 5.74) is 3.48. The zero-order valence-corrected chi connectivity index (χ0v) is 15.0. The lowest BCUT2D eigenvalue weighted by atomic mass is 9.75. The third kappa shape index (κ3) is 3.07. The fourth-order valence-electron chi connectivity index (χ4n) is 3.80. The SMILES string of the molecule is CCCNC(=O)C1(CCCCOC)c2ccccc2-c2cccnc21. The molecule has 3 rings (SSSR count). The lowest BCUT2D eigenvalue weighted by Crippen LogP contribution is -2.45. The highest BCUT2D eigenvalue weighted by molar-refractivity contribution is 5.99. The van der Waals surface area contributed by atoms with Crippen LogP contribution in [0.4, 0.5) is 0 Å². The first-order chi connectivity index (χ1) is 12.3. The van der Waals surface area contributed by atoms with Gasteiger partial charge >= 0.3 is 0 Å². The van der Waals surface area contributed by atoms with Crippen LogP contribution in [0.2, 0.25) is 0 Å². The van der Waals surface area contributed by atoms with E-state index in [1.807, 2.05) is 18.2 Å². The van der Waals surface area contributed by atoms with Crippen molar-refractivity contribution in [1.29, 1.82) is 0 Å². The van der Waals surface area contributed by atoms with E-state index in [0.29, 0.717) is 13.2 Å². The number of hydrogen-bond acceptors (Lipinski definition) is 3. The number of ether oxygens (including phenoxy) is 1. The minimum atomic E-state index is -0.698. The number of unbranched alkanes of at least 4 members (excludes halogenated alkanes) is 1. The van der Waals surface area contributed by atoms with Crippen molar-refractivity contribution in [3.63, 3.8) is 0 Å². The van der Waals surface area contributed by atoms with Gasteiger partial charge in [-0.25, -0.2) is 0 Å². The van der Waals surface area contributed by atoms with Gasteiger partial charge in [0.2, 0.25) is 5.91 Å². The van der Waals surface area contributed by atoms with Crippen molar-refractivity contribution in [3.05, 3.63) is 53.9 Å². The van der Waals surface area contributed by atoms with Crippen LogP contribution >= 0.6 is 0 Å². The van der Waals surface area contributed by atoms with Crippen LogP contribution in [-0.4, -0.2) is 31.2 Å². The van der Waals surface area contributed by atoms with E-state index in [9.17, 15) is 4.79 Å². The maximum Gasteiger partial charge on any atom is 0.236 e. The normalized spacial score (nSPS) is 17.8. The molecule has 0 saturated carbocycles. The second kappa shape index (κ2) is 7.79. The number of benzene rings is 1. The Labute approximate surface area is 149 Å². The first kappa shape index (κ1) is 17.6. The zero-order valence-electron chi connectivity index (χ0n) is 15.0. The third-order valence-corrected chi connectivity index (χ3v) is 4.96. The summed E-state index contributed by atoms with van der Waals surface area (Å²) in [5.74, 6) is 0.0664. The van der Waals surface area contributed by atoms with Gasteiger partial charge in [0.15, 0.2) is 0 Å². The van der Waals surface area contributed by atoms with Gasteiger partial charge in [0.25, 0.3) is 0 Å². The van der Waals surface area contributed by atoms with E-state index in [0.717, 1.165) is 48.1 Å². The Balaban J connectivity index is 2.07. The number of pyridine rings is 1. The molecule has 1 unspecified atom stereocenters. The molecule has 0 radical (unpaired) electrons. The highest BCUT2D eigenvalue weighted by Gasteiger charge is 2.49. The fraction of sp³-hybridized carbons (Fsp3) is 0.429. The van der Waals surface area contributed by atoms with Gasteiger partial charge in [-0.3, -0.25) is 9.78 Å². The predicted octanol–water partition coefficient (Wildman–Crippen LogP) is 3.69. The number of nitrogens with zero attached hydrogens (tertiary/aromatic N) is 1. The number of carbonyl (C=O) groups excluding carboxylic acids is 1. The highest BCUT2D eigenvalue weighted by atomic mass is 16.5. The summed E-state index contributed by atoms with van der Waals surface area (Å²) >= 11 is 0. The molecule has 4 heteroatoms. The lowest BCUT2D eigenvalue weighted by Gasteiger charge is -2.30. The van der Waals surface area contributed by atoms with Crippen LogP contribution in [0.15, 0.2) is 42.6 Å². The van der Waals surface area contributed by atoms with Crippen LogP contribution in [0.3, 0.4) is 0 Å². The summed E-state index contributed by atoms with van der Waals surface area (Å²) in [6.45, 7) is 3.46. The molecule has 1 aromatic carbocycles. The van der Waals surface area contributed by atoms with Gasteiger partial charge in [0, 0.05) is 32.0 Å². The summed E-state index contributed by atoms with van der Waals surface area (Å²) < 4.78 is 5.19. The summed E-state index contributed by atoms with van der Waals surface area (Å²) in [6, 6.07) is 12.2. The molecular weight excluding hydrogens is 312 g/mol. The summed E-state index contributed by atoms with van der Waals surface area (Å²) in [7, 11) is 1.71. The van der Waals surface area contributed by atoms with Gasteiger partial charge in [-0.05, 0) is 42.9 Å². The van der Waals surface area contributed by atoms with Crippen molar-refractivity contribution in [2.75, 3.05) is 20.3 Å². The van der Waals surface area contributed by atoms with Gasteiger partial charge in [0.1, 0.15) is 5.41 Å². The number of carbonyl (C=O) groups is 1. The Morgan fingerprint density at radius 3 is 2.76 bits per heavy atom. The lowest BCUT2D eigenvalue weighted by molar-refractivity contribution is -0.125. The molecule has 0 bridgehead atoms. The molecule has 1 aliphatic carbocycles. The third-order valence-electron chi connectivity index (χ3n) is 4.96. The molecule has 2 aromatic rings. The standard InChI is InChI=1S/C21H26N2O2/c1-3-13-23-20(24)21(12-6-7-15-25-2)18-11-5-4-9-16(18)17-10-8-14-22-19(17)21/h4-5,8-11,14H,3,6-7,12-13,15H2,1-2H3,(H,23,24). The fourth-order valence-corrected chi connectivity index (χ4v) is 3.80. The van der Waals surface area contributed by atoms with Gasteiger partial charge in [-0.15, -0.1) is 0 Å². The van der Waals surface area contributed by atoms with Crippen LogP contribution in [0.1, 0.15) is 43.9 Å². The molecule has 1 heterocycles. The van der Waals surface area contributed by atoms with E-state index in [4.69, 9.17) is 4.74 Å². The molecule has 1 atom stereocenters. The minimum absolute atomic E-state index is 0.0664. The average Bonchev–Trinajstić information content (AvgIpc) is 2.95. The molecule has 1 aromatic heterocycles. The van der Waals surface area contributed by atoms with Gasteiger partial charge < -0.3 is 10.1 Å². The topological polar surface area (TPSA) is 51.2 Å².